The largest absolute Gasteiger partial charge is 0.371 e. The Morgan fingerprint density at radius 2 is 2.13 bits per heavy atom. The summed E-state index contributed by atoms with van der Waals surface area (Å²) in [5.41, 5.74) is 2.57. The molecule has 0 aromatic heterocycles. The highest BCUT2D eigenvalue weighted by Gasteiger charge is 1.95. The van der Waals surface area contributed by atoms with Gasteiger partial charge in [-0.1, -0.05) is 11.6 Å². The molecule has 0 bridgehead atoms. The SMILES string of the molecule is CC(=O)ONCCSc1ccc(Cl)cc1. The van der Waals surface area contributed by atoms with Gasteiger partial charge in [0.25, 0.3) is 0 Å². The molecule has 1 N–H and O–H groups in total. The quantitative estimate of drug-likeness (QED) is 0.492. The van der Waals surface area contributed by atoms with Crippen LogP contribution in [0.15, 0.2) is 29.2 Å². The minimum atomic E-state index is -0.327. The number of hydrogen-bond donors (Lipinski definition) is 1. The fourth-order valence-electron chi connectivity index (χ4n) is 0.894. The van der Waals surface area contributed by atoms with Crippen molar-refractivity contribution >= 4 is 29.3 Å². The monoisotopic (exact) mass is 245 g/mol. The number of carbonyl (C=O) groups is 1. The van der Waals surface area contributed by atoms with Crippen LogP contribution >= 0.6 is 23.4 Å². The number of benzene rings is 1. The van der Waals surface area contributed by atoms with Crippen molar-refractivity contribution in [2.24, 2.45) is 0 Å². The maximum absolute atomic E-state index is 10.4. The summed E-state index contributed by atoms with van der Waals surface area (Å²) in [6.07, 6.45) is 0. The van der Waals surface area contributed by atoms with Gasteiger partial charge in [-0.25, -0.2) is 0 Å². The van der Waals surface area contributed by atoms with Crippen molar-refractivity contribution in [1.29, 1.82) is 0 Å². The molecule has 0 amide bonds. The lowest BCUT2D eigenvalue weighted by atomic mass is 10.4. The Hall–Kier alpha value is -0.710. The van der Waals surface area contributed by atoms with E-state index in [4.69, 9.17) is 11.6 Å². The molecular weight excluding hydrogens is 234 g/mol. The van der Waals surface area contributed by atoms with Crippen molar-refractivity contribution in [2.45, 2.75) is 11.8 Å². The van der Waals surface area contributed by atoms with Gasteiger partial charge in [-0.3, -0.25) is 4.79 Å². The Bertz CT molecular complexity index is 316. The van der Waals surface area contributed by atoms with Crippen molar-refractivity contribution in [3.8, 4) is 0 Å². The first kappa shape index (κ1) is 12.4. The minimum Gasteiger partial charge on any atom is -0.371 e. The summed E-state index contributed by atoms with van der Waals surface area (Å²) in [6.45, 7) is 1.98. The summed E-state index contributed by atoms with van der Waals surface area (Å²) in [5, 5.41) is 0.734. The summed E-state index contributed by atoms with van der Waals surface area (Å²) in [4.78, 5) is 16.1. The van der Waals surface area contributed by atoms with Gasteiger partial charge in [-0.05, 0) is 24.3 Å². The molecule has 0 aliphatic carbocycles. The fourth-order valence-corrected chi connectivity index (χ4v) is 1.77. The standard InChI is InChI=1S/C10H12ClNO2S/c1-8(13)14-12-6-7-15-10-4-2-9(11)3-5-10/h2-5,12H,6-7H2,1H3. The summed E-state index contributed by atoms with van der Waals surface area (Å²) < 4.78 is 0. The molecule has 1 aromatic carbocycles. The average Bonchev–Trinajstić information content (AvgIpc) is 2.20. The number of nitrogens with one attached hydrogen (secondary N) is 1. The summed E-state index contributed by atoms with van der Waals surface area (Å²) in [5.74, 6) is 0.501. The van der Waals surface area contributed by atoms with Crippen LogP contribution < -0.4 is 5.48 Å². The van der Waals surface area contributed by atoms with E-state index in [2.05, 4.69) is 10.3 Å². The predicted octanol–water partition coefficient (Wildman–Crippen LogP) is 2.50. The fraction of sp³-hybridized carbons (Fsp3) is 0.300. The lowest BCUT2D eigenvalue weighted by Gasteiger charge is -2.03. The normalized spacial score (nSPS) is 10.0. The van der Waals surface area contributed by atoms with Gasteiger partial charge in [0.05, 0.1) is 0 Å². The lowest BCUT2D eigenvalue weighted by Crippen LogP contribution is -2.20. The first-order valence-electron chi connectivity index (χ1n) is 4.47. The maximum Gasteiger partial charge on any atom is 0.321 e. The molecule has 1 aromatic rings. The first-order chi connectivity index (χ1) is 7.18. The van der Waals surface area contributed by atoms with E-state index in [1.54, 1.807) is 11.8 Å². The van der Waals surface area contributed by atoms with E-state index in [0.29, 0.717) is 6.54 Å². The third kappa shape index (κ3) is 5.67. The Morgan fingerprint density at radius 3 is 2.73 bits per heavy atom. The molecule has 0 spiro atoms. The molecule has 0 atom stereocenters. The Balaban J connectivity index is 2.15. The molecule has 0 unspecified atom stereocenters. The second-order valence-electron chi connectivity index (χ2n) is 2.79. The van der Waals surface area contributed by atoms with Crippen molar-refractivity contribution in [3.63, 3.8) is 0 Å². The summed E-state index contributed by atoms with van der Waals surface area (Å²) in [7, 11) is 0. The lowest BCUT2D eigenvalue weighted by molar-refractivity contribution is -0.148. The zero-order valence-corrected chi connectivity index (χ0v) is 9.90. The van der Waals surface area contributed by atoms with Crippen LogP contribution in [0.1, 0.15) is 6.92 Å². The highest BCUT2D eigenvalue weighted by molar-refractivity contribution is 7.99. The van der Waals surface area contributed by atoms with Crippen LogP contribution in [0.5, 0.6) is 0 Å². The predicted molar refractivity (Wildman–Crippen MR) is 61.9 cm³/mol. The van der Waals surface area contributed by atoms with Crippen LogP contribution in [0.25, 0.3) is 0 Å². The number of hydroxylamine groups is 1. The van der Waals surface area contributed by atoms with E-state index < -0.39 is 0 Å². The van der Waals surface area contributed by atoms with E-state index in [1.807, 2.05) is 24.3 Å². The third-order valence-electron chi connectivity index (χ3n) is 1.50. The second kappa shape index (κ2) is 6.71. The Labute approximate surface area is 98.1 Å². The molecule has 82 valence electrons. The molecule has 0 aliphatic heterocycles. The van der Waals surface area contributed by atoms with Gasteiger partial charge < -0.3 is 4.84 Å². The molecule has 3 nitrogen and oxygen atoms in total. The van der Waals surface area contributed by atoms with Crippen molar-refractivity contribution in [3.05, 3.63) is 29.3 Å². The second-order valence-corrected chi connectivity index (χ2v) is 4.40. The summed E-state index contributed by atoms with van der Waals surface area (Å²) >= 11 is 7.42. The topological polar surface area (TPSA) is 38.3 Å². The van der Waals surface area contributed by atoms with E-state index in [0.717, 1.165) is 15.7 Å². The molecule has 15 heavy (non-hydrogen) atoms. The number of rotatable bonds is 5. The van der Waals surface area contributed by atoms with E-state index in [1.165, 1.54) is 6.92 Å². The van der Waals surface area contributed by atoms with Crippen LogP contribution in [-0.2, 0) is 9.63 Å². The molecule has 1 rings (SSSR count). The van der Waals surface area contributed by atoms with Crippen molar-refractivity contribution in [2.75, 3.05) is 12.3 Å². The molecule has 5 heteroatoms. The van der Waals surface area contributed by atoms with E-state index in [9.17, 15) is 4.79 Å². The van der Waals surface area contributed by atoms with Gasteiger partial charge in [-0.2, -0.15) is 5.48 Å². The number of halogens is 1. The van der Waals surface area contributed by atoms with E-state index >= 15 is 0 Å². The highest BCUT2D eigenvalue weighted by atomic mass is 35.5. The zero-order chi connectivity index (χ0) is 11.1. The van der Waals surface area contributed by atoms with Gasteiger partial charge in [0.15, 0.2) is 0 Å². The molecule has 0 aliphatic rings. The van der Waals surface area contributed by atoms with Gasteiger partial charge in [-0.15, -0.1) is 11.8 Å². The van der Waals surface area contributed by atoms with Crippen LogP contribution in [0.2, 0.25) is 5.02 Å². The highest BCUT2D eigenvalue weighted by Crippen LogP contribution is 2.19. The molecule has 0 fully saturated rings. The van der Waals surface area contributed by atoms with Crippen LogP contribution in [0, 0.1) is 0 Å². The first-order valence-corrected chi connectivity index (χ1v) is 5.83. The van der Waals surface area contributed by atoms with Crippen LogP contribution in [-0.4, -0.2) is 18.3 Å². The van der Waals surface area contributed by atoms with Gasteiger partial charge in [0.1, 0.15) is 0 Å². The Morgan fingerprint density at radius 1 is 1.47 bits per heavy atom. The van der Waals surface area contributed by atoms with Crippen LogP contribution in [0.3, 0.4) is 0 Å². The molecule has 0 heterocycles. The summed E-state index contributed by atoms with van der Waals surface area (Å²) in [6, 6.07) is 7.62. The Kier molecular flexibility index (Phi) is 5.53. The minimum absolute atomic E-state index is 0.327. The molecule has 0 saturated heterocycles. The zero-order valence-electron chi connectivity index (χ0n) is 8.33. The van der Waals surface area contributed by atoms with E-state index in [-0.39, 0.29) is 5.97 Å². The molecule has 0 radical (unpaired) electrons. The van der Waals surface area contributed by atoms with Crippen molar-refractivity contribution in [1.82, 2.24) is 5.48 Å². The van der Waals surface area contributed by atoms with Crippen molar-refractivity contribution < 1.29 is 9.63 Å². The maximum atomic E-state index is 10.4. The average molecular weight is 246 g/mol. The number of hydrogen-bond acceptors (Lipinski definition) is 4. The molecular formula is C10H12ClNO2S. The number of thioether (sulfide) groups is 1. The van der Waals surface area contributed by atoms with Crippen LogP contribution in [0.4, 0.5) is 0 Å². The molecule has 0 saturated carbocycles. The van der Waals surface area contributed by atoms with Gasteiger partial charge in [0.2, 0.25) is 0 Å². The van der Waals surface area contributed by atoms with Gasteiger partial charge >= 0.3 is 5.97 Å². The smallest absolute Gasteiger partial charge is 0.321 e. The number of carbonyl (C=O) groups excluding carboxylic acids is 1. The van der Waals surface area contributed by atoms with Gasteiger partial charge in [0, 0.05) is 29.1 Å². The third-order valence-corrected chi connectivity index (χ3v) is 2.77.